The number of thiophene rings is 1. The third-order valence-electron chi connectivity index (χ3n) is 4.55. The Hall–Kier alpha value is -3.66. The molecule has 3 heterocycles. The standard InChI is InChI=1S/C20H17N3O6S/c1-27-18-10-13(23(25)26)6-7-17(18)29-12-20(24)22-15(16-4-2-8-28-16)11-14(21-22)19-5-3-9-30-19/h2-10,15H,11-12H2,1H3. The summed E-state index contributed by atoms with van der Waals surface area (Å²) in [4.78, 5) is 24.3. The van der Waals surface area contributed by atoms with E-state index in [2.05, 4.69) is 5.10 Å². The Morgan fingerprint density at radius 2 is 2.20 bits per heavy atom. The molecule has 4 rings (SSSR count). The number of nitro groups is 1. The molecule has 30 heavy (non-hydrogen) atoms. The second-order valence-electron chi connectivity index (χ2n) is 6.38. The quantitative estimate of drug-likeness (QED) is 0.416. The number of carbonyl (C=O) groups is 1. The van der Waals surface area contributed by atoms with Crippen molar-refractivity contribution in [2.24, 2.45) is 5.10 Å². The lowest BCUT2D eigenvalue weighted by atomic mass is 10.1. The molecule has 0 saturated carbocycles. The van der Waals surface area contributed by atoms with Crippen molar-refractivity contribution in [3.63, 3.8) is 0 Å². The number of hydrogen-bond acceptors (Lipinski definition) is 8. The van der Waals surface area contributed by atoms with Crippen LogP contribution in [0.3, 0.4) is 0 Å². The Balaban J connectivity index is 1.53. The highest BCUT2D eigenvalue weighted by atomic mass is 32.1. The van der Waals surface area contributed by atoms with E-state index < -0.39 is 4.92 Å². The van der Waals surface area contributed by atoms with Gasteiger partial charge in [0.2, 0.25) is 0 Å². The number of rotatable bonds is 7. The molecule has 154 valence electrons. The molecular weight excluding hydrogens is 410 g/mol. The van der Waals surface area contributed by atoms with Crippen LogP contribution in [-0.4, -0.2) is 35.3 Å². The van der Waals surface area contributed by atoms with Gasteiger partial charge < -0.3 is 13.9 Å². The first-order chi connectivity index (χ1) is 14.6. The number of nitrogens with zero attached hydrogens (tertiary/aromatic N) is 3. The van der Waals surface area contributed by atoms with Gasteiger partial charge in [-0.3, -0.25) is 14.9 Å². The molecule has 1 atom stereocenters. The summed E-state index contributed by atoms with van der Waals surface area (Å²) in [6, 6.07) is 11.0. The SMILES string of the molecule is COc1cc([N+](=O)[O-])ccc1OCC(=O)N1N=C(c2cccs2)CC1c1ccco1. The minimum absolute atomic E-state index is 0.131. The summed E-state index contributed by atoms with van der Waals surface area (Å²) in [5.74, 6) is 0.659. The number of amides is 1. The van der Waals surface area contributed by atoms with Crippen molar-refractivity contribution in [3.05, 3.63) is 74.9 Å². The number of benzene rings is 1. The molecule has 1 unspecified atom stereocenters. The number of ether oxygens (including phenoxy) is 2. The molecule has 1 aliphatic rings. The second-order valence-corrected chi connectivity index (χ2v) is 7.33. The molecule has 9 nitrogen and oxygen atoms in total. The molecule has 0 bridgehead atoms. The highest BCUT2D eigenvalue weighted by Crippen LogP contribution is 2.35. The highest BCUT2D eigenvalue weighted by molar-refractivity contribution is 7.12. The molecule has 2 aromatic heterocycles. The van der Waals surface area contributed by atoms with E-state index in [0.717, 1.165) is 10.6 Å². The van der Waals surface area contributed by atoms with Crippen molar-refractivity contribution in [1.29, 1.82) is 0 Å². The topological polar surface area (TPSA) is 107 Å². The van der Waals surface area contributed by atoms with Gasteiger partial charge in [-0.2, -0.15) is 5.10 Å². The number of nitro benzene ring substituents is 1. The molecule has 1 amide bonds. The second kappa shape index (κ2) is 8.37. The summed E-state index contributed by atoms with van der Waals surface area (Å²) in [5, 5.41) is 18.8. The monoisotopic (exact) mass is 427 g/mol. The first kappa shape index (κ1) is 19.6. The van der Waals surface area contributed by atoms with E-state index in [-0.39, 0.29) is 35.7 Å². The van der Waals surface area contributed by atoms with Gasteiger partial charge in [0.15, 0.2) is 18.1 Å². The molecule has 0 aliphatic carbocycles. The van der Waals surface area contributed by atoms with Gasteiger partial charge in [0.1, 0.15) is 11.8 Å². The van der Waals surface area contributed by atoms with E-state index in [1.54, 1.807) is 29.7 Å². The fraction of sp³-hybridized carbons (Fsp3) is 0.200. The minimum Gasteiger partial charge on any atom is -0.493 e. The largest absolute Gasteiger partial charge is 0.493 e. The maximum Gasteiger partial charge on any atom is 0.281 e. The number of furan rings is 1. The van der Waals surface area contributed by atoms with Gasteiger partial charge in [0.25, 0.3) is 11.6 Å². The van der Waals surface area contributed by atoms with Crippen LogP contribution >= 0.6 is 11.3 Å². The number of carbonyl (C=O) groups excluding carboxylic acids is 1. The van der Waals surface area contributed by atoms with E-state index in [0.29, 0.717) is 12.2 Å². The maximum absolute atomic E-state index is 12.9. The van der Waals surface area contributed by atoms with Gasteiger partial charge in [-0.15, -0.1) is 11.3 Å². The van der Waals surface area contributed by atoms with Crippen molar-refractivity contribution >= 4 is 28.6 Å². The molecule has 1 aliphatic heterocycles. The van der Waals surface area contributed by atoms with E-state index in [1.165, 1.54) is 30.3 Å². The average molecular weight is 427 g/mol. The number of hydrazone groups is 1. The van der Waals surface area contributed by atoms with E-state index >= 15 is 0 Å². The zero-order chi connectivity index (χ0) is 21.1. The van der Waals surface area contributed by atoms with Crippen LogP contribution in [0.25, 0.3) is 0 Å². The van der Waals surface area contributed by atoms with Crippen LogP contribution in [0.2, 0.25) is 0 Å². The molecule has 10 heteroatoms. The molecule has 0 spiro atoms. The third-order valence-corrected chi connectivity index (χ3v) is 5.47. The van der Waals surface area contributed by atoms with Gasteiger partial charge in [0.05, 0.1) is 35.0 Å². The van der Waals surface area contributed by atoms with E-state index in [9.17, 15) is 14.9 Å². The Bertz CT molecular complexity index is 1080. The number of hydrogen-bond donors (Lipinski definition) is 0. The van der Waals surface area contributed by atoms with Crippen LogP contribution in [0, 0.1) is 10.1 Å². The van der Waals surface area contributed by atoms with Crippen LogP contribution in [0.1, 0.15) is 23.1 Å². The molecule has 0 fully saturated rings. The lowest BCUT2D eigenvalue weighted by Gasteiger charge is -2.20. The fourth-order valence-corrected chi connectivity index (χ4v) is 3.85. The van der Waals surface area contributed by atoms with Gasteiger partial charge >= 0.3 is 0 Å². The van der Waals surface area contributed by atoms with Crippen molar-refractivity contribution in [3.8, 4) is 11.5 Å². The van der Waals surface area contributed by atoms with Crippen LogP contribution in [-0.2, 0) is 4.79 Å². The van der Waals surface area contributed by atoms with Crippen LogP contribution < -0.4 is 9.47 Å². The summed E-state index contributed by atoms with van der Waals surface area (Å²) in [6.07, 6.45) is 2.08. The molecule has 3 aromatic rings. The van der Waals surface area contributed by atoms with E-state index in [4.69, 9.17) is 13.9 Å². The van der Waals surface area contributed by atoms with Crippen LogP contribution in [0.4, 0.5) is 5.69 Å². The van der Waals surface area contributed by atoms with Gasteiger partial charge in [-0.05, 0) is 29.6 Å². The fourth-order valence-electron chi connectivity index (χ4n) is 3.13. The highest BCUT2D eigenvalue weighted by Gasteiger charge is 2.35. The minimum atomic E-state index is -0.531. The summed E-state index contributed by atoms with van der Waals surface area (Å²) in [5.41, 5.74) is 0.667. The summed E-state index contributed by atoms with van der Waals surface area (Å²) >= 11 is 1.55. The first-order valence-electron chi connectivity index (χ1n) is 8.99. The van der Waals surface area contributed by atoms with Crippen LogP contribution in [0.5, 0.6) is 11.5 Å². The lowest BCUT2D eigenvalue weighted by Crippen LogP contribution is -2.31. The summed E-state index contributed by atoms with van der Waals surface area (Å²) in [7, 11) is 1.37. The Morgan fingerprint density at radius 3 is 2.87 bits per heavy atom. The molecule has 0 N–H and O–H groups in total. The smallest absolute Gasteiger partial charge is 0.281 e. The van der Waals surface area contributed by atoms with Crippen molar-refractivity contribution in [1.82, 2.24) is 5.01 Å². The maximum atomic E-state index is 12.9. The first-order valence-corrected chi connectivity index (χ1v) is 9.87. The number of methoxy groups -OCH3 is 1. The summed E-state index contributed by atoms with van der Waals surface area (Å²) in [6.45, 7) is -0.313. The normalized spacial score (nSPS) is 15.7. The predicted octanol–water partition coefficient (Wildman–Crippen LogP) is 4.01. The third kappa shape index (κ3) is 3.90. The molecule has 1 aromatic carbocycles. The Labute approximate surface area is 175 Å². The average Bonchev–Trinajstić information content (AvgIpc) is 3.51. The molecule has 0 saturated heterocycles. The number of non-ortho nitro benzene ring substituents is 1. The van der Waals surface area contributed by atoms with Crippen molar-refractivity contribution < 1.29 is 23.6 Å². The predicted molar refractivity (Wildman–Crippen MR) is 109 cm³/mol. The van der Waals surface area contributed by atoms with Crippen molar-refractivity contribution in [2.75, 3.05) is 13.7 Å². The van der Waals surface area contributed by atoms with E-state index in [1.807, 2.05) is 17.5 Å². The Morgan fingerprint density at radius 1 is 1.33 bits per heavy atom. The van der Waals surface area contributed by atoms with Gasteiger partial charge in [-0.1, -0.05) is 6.07 Å². The molecule has 0 radical (unpaired) electrons. The van der Waals surface area contributed by atoms with Gasteiger partial charge in [0, 0.05) is 12.5 Å². The molecular formula is C20H17N3O6S. The van der Waals surface area contributed by atoms with Crippen molar-refractivity contribution in [2.45, 2.75) is 12.5 Å². The summed E-state index contributed by atoms with van der Waals surface area (Å²) < 4.78 is 16.2. The van der Waals surface area contributed by atoms with Crippen LogP contribution in [0.15, 0.2) is 63.6 Å². The van der Waals surface area contributed by atoms with Gasteiger partial charge in [-0.25, -0.2) is 5.01 Å². The zero-order valence-corrected chi connectivity index (χ0v) is 16.7. The lowest BCUT2D eigenvalue weighted by molar-refractivity contribution is -0.384. The Kier molecular flexibility index (Phi) is 5.48. The zero-order valence-electron chi connectivity index (χ0n) is 15.9.